The summed E-state index contributed by atoms with van der Waals surface area (Å²) < 4.78 is 30.4. The van der Waals surface area contributed by atoms with Crippen molar-refractivity contribution in [3.05, 3.63) is 227 Å². The molecule has 0 heterocycles. The first-order valence-corrected chi connectivity index (χ1v) is 24.6. The number of rotatable bonds is 27. The fraction of sp³-hybridized carbons (Fsp3) is 0.233. The van der Waals surface area contributed by atoms with Gasteiger partial charge in [-0.2, -0.15) is 0 Å². The van der Waals surface area contributed by atoms with Crippen molar-refractivity contribution in [2.24, 2.45) is 0 Å². The van der Waals surface area contributed by atoms with Crippen LogP contribution < -0.4 is 34.9 Å². The summed E-state index contributed by atoms with van der Waals surface area (Å²) in [6.07, 6.45) is -1.60. The summed E-state index contributed by atoms with van der Waals surface area (Å²) in [5.41, 5.74) is 4.99. The number of nitrogens with zero attached hydrogens (tertiary/aromatic N) is 1. The normalized spacial score (nSPS) is 11.5. The zero-order chi connectivity index (χ0) is 51.7. The Morgan fingerprint density at radius 3 is 1.18 bits per heavy atom. The highest BCUT2D eigenvalue weighted by Gasteiger charge is 2.31. The number of nitrogens with one attached hydrogen (secondary N) is 3. The van der Waals surface area contributed by atoms with E-state index < -0.39 is 36.0 Å². The predicted octanol–water partition coefficient (Wildman–Crippen LogP) is 9.45. The van der Waals surface area contributed by atoms with Crippen molar-refractivity contribution < 1.29 is 48.0 Å². The highest BCUT2D eigenvalue weighted by atomic mass is 16.5. The van der Waals surface area contributed by atoms with Gasteiger partial charge in [0.25, 0.3) is 11.8 Å². The number of hydrogen-bond donors (Lipinski definition) is 4. The fourth-order valence-electron chi connectivity index (χ4n) is 7.79. The molecule has 14 heteroatoms. The predicted molar refractivity (Wildman–Crippen MR) is 282 cm³/mol. The molecule has 0 bridgehead atoms. The number of aliphatic hydroxyl groups is 1. The van der Waals surface area contributed by atoms with E-state index >= 15 is 0 Å². The van der Waals surface area contributed by atoms with E-state index in [1.165, 1.54) is 11.8 Å². The molecule has 0 unspecified atom stereocenters. The van der Waals surface area contributed by atoms with Crippen molar-refractivity contribution in [1.82, 2.24) is 20.9 Å². The first-order chi connectivity index (χ1) is 36.2. The van der Waals surface area contributed by atoms with Gasteiger partial charge in [-0.25, -0.2) is 4.79 Å². The van der Waals surface area contributed by atoms with E-state index in [0.717, 1.165) is 27.8 Å². The molecule has 0 radical (unpaired) electrons. The van der Waals surface area contributed by atoms with Gasteiger partial charge in [-0.1, -0.05) is 164 Å². The molecule has 0 aromatic heterocycles. The monoisotopic (exact) mass is 998 g/mol. The van der Waals surface area contributed by atoms with Crippen LogP contribution >= 0.6 is 0 Å². The number of aliphatic hydroxyl groups excluding tert-OH is 1. The van der Waals surface area contributed by atoms with E-state index in [4.69, 9.17) is 23.7 Å². The summed E-state index contributed by atoms with van der Waals surface area (Å²) in [5, 5.41) is 19.3. The quantitative estimate of drug-likeness (QED) is 0.0364. The average molecular weight is 999 g/mol. The van der Waals surface area contributed by atoms with Crippen molar-refractivity contribution in [3.63, 3.8) is 0 Å². The number of para-hydroxylation sites is 2. The second-order valence-corrected chi connectivity index (χ2v) is 17.3. The lowest BCUT2D eigenvalue weighted by Crippen LogP contribution is -2.54. The maximum Gasteiger partial charge on any atom is 0.408 e. The van der Waals surface area contributed by atoms with E-state index in [1.54, 1.807) is 48.5 Å². The Morgan fingerprint density at radius 2 is 0.811 bits per heavy atom. The Labute approximate surface area is 432 Å². The molecule has 7 rings (SSSR count). The van der Waals surface area contributed by atoms with Crippen LogP contribution in [0.1, 0.15) is 68.3 Å². The van der Waals surface area contributed by atoms with Gasteiger partial charge in [-0.15, -0.1) is 0 Å². The standard InChI is InChI=1S/C60H62N4O10/c1-44(65)54(63-60(69)74-43-49-29-15-6-16-30-49)59(68)64(37-19-35-61-57(66)50-31-17-33-52(70-39-45-21-7-2-8-22-45)55(50)72-41-47-25-11-4-12-26-47)38-20-36-62-58(67)51-32-18-34-53(71-40-46-23-9-3-10-24-46)56(51)73-42-48-27-13-5-14-28-48/h2-18,21-34,44,54,65H,19-20,35-43H2,1H3,(H,61,66)(H,62,67)(H,63,69)/t44-,54+/m1/s1. The molecular formula is C60H62N4O10. The highest BCUT2D eigenvalue weighted by Crippen LogP contribution is 2.34. The molecule has 0 aliphatic heterocycles. The zero-order valence-electron chi connectivity index (χ0n) is 41.4. The molecule has 2 atom stereocenters. The number of carbonyl (C=O) groups excluding carboxylic acids is 4. The largest absolute Gasteiger partial charge is 0.485 e. The van der Waals surface area contributed by atoms with Crippen molar-refractivity contribution in [2.75, 3.05) is 26.2 Å². The van der Waals surface area contributed by atoms with Crippen LogP contribution in [0.25, 0.3) is 0 Å². The second kappa shape index (κ2) is 28.4. The van der Waals surface area contributed by atoms with Crippen molar-refractivity contribution >= 4 is 23.8 Å². The third kappa shape index (κ3) is 16.5. The van der Waals surface area contributed by atoms with Crippen LogP contribution in [0, 0.1) is 0 Å². The number of alkyl carbamates (subject to hydrolysis) is 1. The van der Waals surface area contributed by atoms with Gasteiger partial charge in [0.15, 0.2) is 23.0 Å². The molecule has 0 fully saturated rings. The minimum atomic E-state index is -1.37. The summed E-state index contributed by atoms with van der Waals surface area (Å²) in [5.74, 6) is -0.0187. The van der Waals surface area contributed by atoms with Gasteiger partial charge >= 0.3 is 6.09 Å². The molecule has 74 heavy (non-hydrogen) atoms. The summed E-state index contributed by atoms with van der Waals surface area (Å²) in [6.45, 7) is 2.80. The number of hydrogen-bond acceptors (Lipinski definition) is 10. The van der Waals surface area contributed by atoms with Gasteiger partial charge in [0.1, 0.15) is 39.1 Å². The van der Waals surface area contributed by atoms with E-state index in [1.807, 2.05) is 140 Å². The molecule has 0 spiro atoms. The molecule has 0 saturated carbocycles. The first kappa shape index (κ1) is 53.2. The highest BCUT2D eigenvalue weighted by molar-refractivity contribution is 5.98. The van der Waals surface area contributed by atoms with Crippen LogP contribution in [-0.2, 0) is 42.6 Å². The van der Waals surface area contributed by atoms with Crippen molar-refractivity contribution in [3.8, 4) is 23.0 Å². The van der Waals surface area contributed by atoms with E-state index in [-0.39, 0.29) is 94.7 Å². The summed E-state index contributed by atoms with van der Waals surface area (Å²) in [6, 6.07) is 56.6. The third-order valence-corrected chi connectivity index (χ3v) is 11.7. The Bertz CT molecular complexity index is 2680. The Balaban J connectivity index is 1.02. The molecule has 14 nitrogen and oxygen atoms in total. The zero-order valence-corrected chi connectivity index (χ0v) is 41.4. The maximum atomic E-state index is 14.3. The van der Waals surface area contributed by atoms with Gasteiger partial charge in [-0.3, -0.25) is 14.4 Å². The smallest absolute Gasteiger partial charge is 0.408 e. The van der Waals surface area contributed by atoms with Crippen LogP contribution in [-0.4, -0.2) is 72.1 Å². The first-order valence-electron chi connectivity index (χ1n) is 24.6. The van der Waals surface area contributed by atoms with Crippen molar-refractivity contribution in [2.45, 2.75) is 64.9 Å². The fourth-order valence-corrected chi connectivity index (χ4v) is 7.79. The van der Waals surface area contributed by atoms with Crippen LogP contribution in [0.15, 0.2) is 188 Å². The number of amides is 4. The maximum absolute atomic E-state index is 14.3. The molecule has 0 aliphatic carbocycles. The van der Waals surface area contributed by atoms with Crippen molar-refractivity contribution in [1.29, 1.82) is 0 Å². The number of carbonyl (C=O) groups is 4. The van der Waals surface area contributed by atoms with Crippen LogP contribution in [0.5, 0.6) is 23.0 Å². The Morgan fingerprint density at radius 1 is 0.459 bits per heavy atom. The molecule has 382 valence electrons. The minimum Gasteiger partial charge on any atom is -0.485 e. The van der Waals surface area contributed by atoms with Gasteiger partial charge in [0.05, 0.1) is 17.2 Å². The molecule has 4 N–H and O–H groups in total. The lowest BCUT2D eigenvalue weighted by atomic mass is 10.1. The van der Waals surface area contributed by atoms with E-state index in [9.17, 15) is 24.3 Å². The van der Waals surface area contributed by atoms with E-state index in [2.05, 4.69) is 16.0 Å². The van der Waals surface area contributed by atoms with Gasteiger partial charge < -0.3 is 49.6 Å². The molecule has 7 aromatic carbocycles. The molecule has 4 amide bonds. The Hall–Kier alpha value is -8.62. The van der Waals surface area contributed by atoms with Crippen LogP contribution in [0.2, 0.25) is 0 Å². The summed E-state index contributed by atoms with van der Waals surface area (Å²) >= 11 is 0. The Kier molecular flexibility index (Phi) is 20.4. The molecule has 0 aliphatic rings. The topological polar surface area (TPSA) is 174 Å². The second-order valence-electron chi connectivity index (χ2n) is 17.3. The number of benzene rings is 7. The molecule has 7 aromatic rings. The lowest BCUT2D eigenvalue weighted by Gasteiger charge is -2.29. The average Bonchev–Trinajstić information content (AvgIpc) is 3.44. The van der Waals surface area contributed by atoms with Gasteiger partial charge in [-0.05, 0) is 71.8 Å². The number of ether oxygens (including phenoxy) is 5. The van der Waals surface area contributed by atoms with Crippen LogP contribution in [0.4, 0.5) is 4.79 Å². The van der Waals surface area contributed by atoms with E-state index in [0.29, 0.717) is 11.5 Å². The van der Waals surface area contributed by atoms with Crippen LogP contribution in [0.3, 0.4) is 0 Å². The van der Waals surface area contributed by atoms with Gasteiger partial charge in [0, 0.05) is 26.2 Å². The SMILES string of the molecule is C[C@@H](O)[C@H](NC(=O)OCc1ccccc1)C(=O)N(CCCNC(=O)c1cccc(OCc2ccccc2)c1OCc1ccccc1)CCCNC(=O)c1cccc(OCc2ccccc2)c1OCc1ccccc1. The summed E-state index contributed by atoms with van der Waals surface area (Å²) in [7, 11) is 0. The van der Waals surface area contributed by atoms with Gasteiger partial charge in [0.2, 0.25) is 5.91 Å². The minimum absolute atomic E-state index is 0.0430. The lowest BCUT2D eigenvalue weighted by molar-refractivity contribution is -0.136. The molecular weight excluding hydrogens is 937 g/mol. The molecule has 0 saturated heterocycles. The summed E-state index contributed by atoms with van der Waals surface area (Å²) in [4.78, 5) is 56.7. The third-order valence-electron chi connectivity index (χ3n) is 11.7.